The van der Waals surface area contributed by atoms with E-state index in [2.05, 4.69) is 65.5 Å². The maximum Gasteiger partial charge on any atom is 0.347 e. The lowest BCUT2D eigenvalue weighted by Crippen LogP contribution is -2.46. The molecule has 0 bridgehead atoms. The Morgan fingerprint density at radius 2 is 1.86 bits per heavy atom. The molecule has 1 saturated heterocycles. The molecule has 3 aromatic rings. The van der Waals surface area contributed by atoms with E-state index in [1.807, 2.05) is 6.07 Å². The minimum Gasteiger partial charge on any atom is -0.422 e. The van der Waals surface area contributed by atoms with Crippen LogP contribution in [-0.2, 0) is 0 Å². The van der Waals surface area contributed by atoms with Crippen molar-refractivity contribution in [2.45, 2.75) is 52.5 Å². The number of hydrogen-bond acceptors (Lipinski definition) is 8. The first-order chi connectivity index (χ1) is 17.1. The van der Waals surface area contributed by atoms with Gasteiger partial charge in [-0.15, -0.1) is 0 Å². The maximum atomic E-state index is 13.4. The van der Waals surface area contributed by atoms with E-state index in [-0.39, 0.29) is 11.1 Å². The summed E-state index contributed by atoms with van der Waals surface area (Å²) in [4.78, 5) is 42.2. The number of fused-ring (bicyclic) bond motifs is 2. The first kappa shape index (κ1) is 24.4. The maximum absolute atomic E-state index is 13.4. The molecule has 190 valence electrons. The highest BCUT2D eigenvalue weighted by molar-refractivity contribution is 6.10. The van der Waals surface area contributed by atoms with Crippen LogP contribution in [0.4, 0.5) is 11.6 Å². The number of rotatable bonds is 4. The summed E-state index contributed by atoms with van der Waals surface area (Å²) in [5, 5.41) is 0.751. The van der Waals surface area contributed by atoms with Crippen molar-refractivity contribution in [2.75, 3.05) is 49.6 Å². The van der Waals surface area contributed by atoms with Crippen LogP contribution >= 0.6 is 0 Å². The van der Waals surface area contributed by atoms with E-state index in [4.69, 9.17) is 4.42 Å². The summed E-state index contributed by atoms with van der Waals surface area (Å²) >= 11 is 0. The third-order valence-electron chi connectivity index (χ3n) is 8.05. The van der Waals surface area contributed by atoms with Gasteiger partial charge in [-0.3, -0.25) is 4.79 Å². The number of aryl methyl sites for hydroxylation is 1. The van der Waals surface area contributed by atoms with Gasteiger partial charge in [0.15, 0.2) is 0 Å². The summed E-state index contributed by atoms with van der Waals surface area (Å²) in [6.07, 6.45) is 2.56. The smallest absolute Gasteiger partial charge is 0.347 e. The number of likely N-dealkylation sites (N-methyl/N-ethyl adjacent to an activating group) is 1. The number of nitrogens with zero attached hydrogens (tertiary/aromatic N) is 5. The highest BCUT2D eigenvalue weighted by Crippen LogP contribution is 2.43. The van der Waals surface area contributed by atoms with Crippen LogP contribution in [0.2, 0.25) is 0 Å². The van der Waals surface area contributed by atoms with Crippen molar-refractivity contribution in [3.63, 3.8) is 0 Å². The van der Waals surface area contributed by atoms with Crippen LogP contribution in [0.3, 0.4) is 0 Å². The quantitative estimate of drug-likeness (QED) is 0.402. The topological polar surface area (TPSA) is 82.8 Å². The zero-order valence-corrected chi connectivity index (χ0v) is 22.1. The minimum absolute atomic E-state index is 0.00354. The fourth-order valence-electron chi connectivity index (χ4n) is 5.58. The van der Waals surface area contributed by atoms with E-state index in [0.717, 1.165) is 50.2 Å². The van der Waals surface area contributed by atoms with Crippen molar-refractivity contribution in [3.8, 4) is 0 Å². The van der Waals surface area contributed by atoms with Crippen LogP contribution in [0.25, 0.3) is 11.0 Å². The minimum atomic E-state index is -0.641. The Morgan fingerprint density at radius 3 is 2.53 bits per heavy atom. The Balaban J connectivity index is 1.47. The third-order valence-corrected chi connectivity index (χ3v) is 8.05. The molecule has 1 aromatic carbocycles. The van der Waals surface area contributed by atoms with Gasteiger partial charge in [0.25, 0.3) is 0 Å². The molecule has 2 aromatic heterocycles. The molecule has 0 radical (unpaired) electrons. The van der Waals surface area contributed by atoms with Gasteiger partial charge in [0, 0.05) is 62.1 Å². The normalized spacial score (nSPS) is 20.0. The molecule has 8 heteroatoms. The highest BCUT2D eigenvalue weighted by atomic mass is 16.4. The van der Waals surface area contributed by atoms with Crippen molar-refractivity contribution in [2.24, 2.45) is 0 Å². The SMILES string of the molecule is CCN1CCN(c2ncc(C(=O)c3cc4cc5c(cc4oc3=O)N(C)C(C)(C)CC5C)c(C)n2)CC1. The third kappa shape index (κ3) is 4.17. The summed E-state index contributed by atoms with van der Waals surface area (Å²) in [5.41, 5.74) is 3.01. The Bertz CT molecular complexity index is 1390. The highest BCUT2D eigenvalue weighted by Gasteiger charge is 2.34. The predicted molar refractivity (Wildman–Crippen MR) is 143 cm³/mol. The molecule has 1 unspecified atom stereocenters. The number of hydrogen-bond donors (Lipinski definition) is 0. The van der Waals surface area contributed by atoms with Gasteiger partial charge >= 0.3 is 5.63 Å². The summed E-state index contributed by atoms with van der Waals surface area (Å²) in [7, 11) is 2.07. The molecular weight excluding hydrogens is 454 g/mol. The number of piperazine rings is 1. The molecule has 8 nitrogen and oxygen atoms in total. The fourth-order valence-corrected chi connectivity index (χ4v) is 5.58. The Kier molecular flexibility index (Phi) is 6.11. The number of carbonyl (C=O) groups excluding carboxylic acids is 1. The van der Waals surface area contributed by atoms with E-state index in [9.17, 15) is 9.59 Å². The molecule has 0 amide bonds. The van der Waals surface area contributed by atoms with E-state index in [1.54, 1.807) is 19.2 Å². The van der Waals surface area contributed by atoms with Crippen LogP contribution < -0.4 is 15.4 Å². The lowest BCUT2D eigenvalue weighted by atomic mass is 9.80. The van der Waals surface area contributed by atoms with Crippen molar-refractivity contribution >= 4 is 28.4 Å². The average Bonchev–Trinajstić information content (AvgIpc) is 2.85. The fraction of sp³-hybridized carbons (Fsp3) is 0.500. The lowest BCUT2D eigenvalue weighted by molar-refractivity contribution is 0.103. The molecule has 36 heavy (non-hydrogen) atoms. The standard InChI is InChI=1S/C28H35N5O3/c1-7-32-8-10-33(11-9-32)27-29-16-22(18(3)30-27)25(34)21-13-19-12-20-17(2)15-28(4,5)31(6)23(20)14-24(19)36-26(21)35/h12-14,16-17H,7-11,15H2,1-6H3. The van der Waals surface area contributed by atoms with Gasteiger partial charge in [-0.1, -0.05) is 13.8 Å². The second-order valence-electron chi connectivity index (χ2n) is 10.8. The van der Waals surface area contributed by atoms with Gasteiger partial charge in [0.05, 0.1) is 11.3 Å². The summed E-state index contributed by atoms with van der Waals surface area (Å²) in [6.45, 7) is 15.3. The number of benzene rings is 1. The van der Waals surface area contributed by atoms with Crippen molar-refractivity contribution in [1.82, 2.24) is 14.9 Å². The summed E-state index contributed by atoms with van der Waals surface area (Å²) in [6, 6.07) is 5.65. The van der Waals surface area contributed by atoms with Crippen LogP contribution in [0.5, 0.6) is 0 Å². The average molecular weight is 490 g/mol. The number of carbonyl (C=O) groups is 1. The second-order valence-corrected chi connectivity index (χ2v) is 10.8. The van der Waals surface area contributed by atoms with Gasteiger partial charge in [-0.25, -0.2) is 14.8 Å². The lowest BCUT2D eigenvalue weighted by Gasteiger charge is -2.45. The largest absolute Gasteiger partial charge is 0.422 e. The van der Waals surface area contributed by atoms with Gasteiger partial charge in [-0.2, -0.15) is 0 Å². The van der Waals surface area contributed by atoms with Gasteiger partial charge in [0.2, 0.25) is 11.7 Å². The number of aromatic nitrogens is 2. The molecule has 0 spiro atoms. The van der Waals surface area contributed by atoms with Crippen molar-refractivity contribution in [3.05, 3.63) is 57.2 Å². The van der Waals surface area contributed by atoms with E-state index < -0.39 is 11.4 Å². The van der Waals surface area contributed by atoms with Gasteiger partial charge in [-0.05, 0) is 57.4 Å². The first-order valence-corrected chi connectivity index (χ1v) is 12.8. The predicted octanol–water partition coefficient (Wildman–Crippen LogP) is 3.99. The van der Waals surface area contributed by atoms with Gasteiger partial charge in [0.1, 0.15) is 11.1 Å². The zero-order valence-electron chi connectivity index (χ0n) is 22.1. The van der Waals surface area contributed by atoms with Crippen molar-refractivity contribution in [1.29, 1.82) is 0 Å². The van der Waals surface area contributed by atoms with Crippen LogP contribution in [0.1, 0.15) is 67.2 Å². The molecule has 2 aliphatic rings. The zero-order chi connectivity index (χ0) is 25.8. The molecule has 4 heterocycles. The van der Waals surface area contributed by atoms with E-state index in [0.29, 0.717) is 28.7 Å². The second kappa shape index (κ2) is 9.00. The molecule has 0 N–H and O–H groups in total. The van der Waals surface area contributed by atoms with Crippen LogP contribution in [0, 0.1) is 6.92 Å². The van der Waals surface area contributed by atoms with Crippen LogP contribution in [0.15, 0.2) is 33.6 Å². The molecule has 1 fully saturated rings. The Morgan fingerprint density at radius 1 is 1.14 bits per heavy atom. The molecule has 2 aliphatic heterocycles. The Labute approximate surface area is 211 Å². The summed E-state index contributed by atoms with van der Waals surface area (Å²) in [5.74, 6) is 0.566. The first-order valence-electron chi connectivity index (χ1n) is 12.8. The number of anilines is 2. The molecule has 0 saturated carbocycles. The summed E-state index contributed by atoms with van der Waals surface area (Å²) < 4.78 is 5.68. The number of ketones is 1. The van der Waals surface area contributed by atoms with E-state index >= 15 is 0 Å². The van der Waals surface area contributed by atoms with Gasteiger partial charge < -0.3 is 19.1 Å². The molecule has 1 atom stereocenters. The molecule has 5 rings (SSSR count). The van der Waals surface area contributed by atoms with Crippen LogP contribution in [-0.4, -0.2) is 66.0 Å². The Hall–Kier alpha value is -3.26. The molecular formula is C28H35N5O3. The molecule has 0 aliphatic carbocycles. The van der Waals surface area contributed by atoms with Crippen molar-refractivity contribution < 1.29 is 9.21 Å². The van der Waals surface area contributed by atoms with E-state index in [1.165, 1.54) is 5.56 Å². The monoisotopic (exact) mass is 489 g/mol.